The highest BCUT2D eigenvalue weighted by Gasteiger charge is 2.25. The first-order valence-corrected chi connectivity index (χ1v) is 5.68. The van der Waals surface area contributed by atoms with Crippen LogP contribution in [0.15, 0.2) is 24.3 Å². The smallest absolute Gasteiger partial charge is 0.252 e. The molecule has 100 valence electrons. The van der Waals surface area contributed by atoms with Crippen LogP contribution in [0.25, 0.3) is 0 Å². The van der Waals surface area contributed by atoms with Crippen LogP contribution in [-0.2, 0) is 4.79 Å². The molecule has 0 heterocycles. The molecule has 2 amide bonds. The Bertz CT molecular complexity index is 525. The largest absolute Gasteiger partial charge is 0.368 e. The van der Waals surface area contributed by atoms with Crippen molar-refractivity contribution >= 4 is 11.8 Å². The number of rotatable bonds is 5. The van der Waals surface area contributed by atoms with Gasteiger partial charge in [0.1, 0.15) is 11.9 Å². The van der Waals surface area contributed by atoms with Gasteiger partial charge in [-0.2, -0.15) is 5.26 Å². The number of primary amides is 1. The van der Waals surface area contributed by atoms with Gasteiger partial charge >= 0.3 is 0 Å². The highest BCUT2D eigenvalue weighted by Crippen LogP contribution is 2.09. The second kappa shape index (κ2) is 6.50. The Kier molecular flexibility index (Phi) is 5.01. The van der Waals surface area contributed by atoms with E-state index in [1.165, 1.54) is 18.2 Å². The summed E-state index contributed by atoms with van der Waals surface area (Å²) in [5.41, 5.74) is 5.28. The lowest BCUT2D eigenvalue weighted by Crippen LogP contribution is -2.48. The molecule has 0 aliphatic heterocycles. The van der Waals surface area contributed by atoms with Crippen molar-refractivity contribution in [1.82, 2.24) is 5.32 Å². The van der Waals surface area contributed by atoms with Gasteiger partial charge in [-0.15, -0.1) is 0 Å². The molecule has 0 saturated heterocycles. The van der Waals surface area contributed by atoms with Crippen molar-refractivity contribution < 1.29 is 14.0 Å². The summed E-state index contributed by atoms with van der Waals surface area (Å²) in [7, 11) is 0. The van der Waals surface area contributed by atoms with Gasteiger partial charge in [0.2, 0.25) is 5.91 Å². The molecule has 0 unspecified atom stereocenters. The van der Waals surface area contributed by atoms with E-state index >= 15 is 0 Å². The van der Waals surface area contributed by atoms with Crippen LogP contribution in [0.2, 0.25) is 0 Å². The molecule has 0 bridgehead atoms. The first-order chi connectivity index (χ1) is 8.95. The van der Waals surface area contributed by atoms with Crippen molar-refractivity contribution in [1.29, 1.82) is 5.26 Å². The van der Waals surface area contributed by atoms with Gasteiger partial charge in [-0.05, 0) is 24.1 Å². The van der Waals surface area contributed by atoms with E-state index in [0.717, 1.165) is 6.07 Å². The molecule has 0 fully saturated rings. The van der Waals surface area contributed by atoms with Crippen LogP contribution in [0.3, 0.4) is 0 Å². The van der Waals surface area contributed by atoms with E-state index in [1.807, 2.05) is 6.07 Å². The molecule has 0 aliphatic rings. The summed E-state index contributed by atoms with van der Waals surface area (Å²) >= 11 is 0. The number of amides is 2. The Morgan fingerprint density at radius 2 is 2.21 bits per heavy atom. The van der Waals surface area contributed by atoms with Crippen molar-refractivity contribution in [3.8, 4) is 6.07 Å². The lowest BCUT2D eigenvalue weighted by molar-refractivity contribution is -0.120. The fraction of sp³-hybridized carbons (Fsp3) is 0.308. The van der Waals surface area contributed by atoms with Gasteiger partial charge in [-0.1, -0.05) is 13.0 Å². The number of nitrogens with two attached hydrogens (primary N) is 1. The zero-order valence-electron chi connectivity index (χ0n) is 10.4. The molecule has 2 atom stereocenters. The van der Waals surface area contributed by atoms with Crippen LogP contribution in [0, 0.1) is 23.1 Å². The Balaban J connectivity index is 2.83. The van der Waals surface area contributed by atoms with E-state index in [1.54, 1.807) is 6.92 Å². The molecule has 3 N–H and O–H groups in total. The number of nitrogens with zero attached hydrogens (tertiary/aromatic N) is 1. The molecule has 1 aromatic rings. The molecule has 0 aromatic heterocycles. The Morgan fingerprint density at radius 1 is 1.53 bits per heavy atom. The number of benzene rings is 1. The second-order valence-corrected chi connectivity index (χ2v) is 4.20. The SMILES string of the molecule is C[C@@H](CC#N)[C@H](NC(=O)c1cccc(F)c1)C(N)=O. The summed E-state index contributed by atoms with van der Waals surface area (Å²) in [6.45, 7) is 1.63. The minimum Gasteiger partial charge on any atom is -0.368 e. The van der Waals surface area contributed by atoms with Crippen molar-refractivity contribution in [3.05, 3.63) is 35.6 Å². The molecule has 0 radical (unpaired) electrons. The van der Waals surface area contributed by atoms with Crippen molar-refractivity contribution in [2.24, 2.45) is 11.7 Å². The zero-order chi connectivity index (χ0) is 14.4. The molecule has 19 heavy (non-hydrogen) atoms. The summed E-state index contributed by atoms with van der Waals surface area (Å²) < 4.78 is 13.0. The highest BCUT2D eigenvalue weighted by atomic mass is 19.1. The second-order valence-electron chi connectivity index (χ2n) is 4.20. The molecule has 6 heteroatoms. The third kappa shape index (κ3) is 4.07. The van der Waals surface area contributed by atoms with Crippen LogP contribution >= 0.6 is 0 Å². The Morgan fingerprint density at radius 3 is 2.74 bits per heavy atom. The van der Waals surface area contributed by atoms with E-state index in [2.05, 4.69) is 5.32 Å². The summed E-state index contributed by atoms with van der Waals surface area (Å²) in [6.07, 6.45) is 0.0804. The minimum atomic E-state index is -0.963. The molecular weight excluding hydrogens is 249 g/mol. The van der Waals surface area contributed by atoms with Crippen molar-refractivity contribution in [2.45, 2.75) is 19.4 Å². The van der Waals surface area contributed by atoms with Crippen LogP contribution in [-0.4, -0.2) is 17.9 Å². The number of halogens is 1. The number of nitriles is 1. The maximum atomic E-state index is 13.0. The van der Waals surface area contributed by atoms with Crippen molar-refractivity contribution in [3.63, 3.8) is 0 Å². The van der Waals surface area contributed by atoms with Gasteiger partial charge in [0.25, 0.3) is 5.91 Å². The molecule has 0 aliphatic carbocycles. The fourth-order valence-electron chi connectivity index (χ4n) is 1.61. The van der Waals surface area contributed by atoms with Crippen LogP contribution in [0.1, 0.15) is 23.7 Å². The van der Waals surface area contributed by atoms with E-state index in [0.29, 0.717) is 0 Å². The van der Waals surface area contributed by atoms with Crippen LogP contribution in [0.4, 0.5) is 4.39 Å². The standard InChI is InChI=1S/C13H14FN3O2/c1-8(5-6-15)11(12(16)18)17-13(19)9-3-2-4-10(14)7-9/h2-4,7-8,11H,5H2,1H3,(H2,16,18)(H,17,19)/t8-,11-/m0/s1. The topological polar surface area (TPSA) is 96.0 Å². The van der Waals surface area contributed by atoms with Gasteiger partial charge < -0.3 is 11.1 Å². The number of carbonyl (C=O) groups is 2. The zero-order valence-corrected chi connectivity index (χ0v) is 10.4. The summed E-state index contributed by atoms with van der Waals surface area (Å²) in [5, 5.41) is 11.0. The van der Waals surface area contributed by atoms with Crippen LogP contribution in [0.5, 0.6) is 0 Å². The molecule has 0 saturated carbocycles. The predicted molar refractivity (Wildman–Crippen MR) is 66.2 cm³/mol. The first kappa shape index (κ1) is 14.6. The van der Waals surface area contributed by atoms with Crippen molar-refractivity contribution in [2.75, 3.05) is 0 Å². The Hall–Kier alpha value is -2.42. The molecule has 1 rings (SSSR count). The summed E-state index contributed by atoms with van der Waals surface area (Å²) in [4.78, 5) is 23.1. The lowest BCUT2D eigenvalue weighted by Gasteiger charge is -2.20. The first-order valence-electron chi connectivity index (χ1n) is 5.68. The molecule has 1 aromatic carbocycles. The molecular formula is C13H14FN3O2. The van der Waals surface area contributed by atoms with Gasteiger partial charge in [0, 0.05) is 12.0 Å². The van der Waals surface area contributed by atoms with E-state index in [4.69, 9.17) is 11.0 Å². The third-order valence-electron chi connectivity index (χ3n) is 2.66. The number of hydrogen-bond acceptors (Lipinski definition) is 3. The number of nitrogens with one attached hydrogen (secondary N) is 1. The minimum absolute atomic E-state index is 0.0804. The average molecular weight is 263 g/mol. The van der Waals surface area contributed by atoms with Gasteiger partial charge in [-0.3, -0.25) is 9.59 Å². The van der Waals surface area contributed by atoms with E-state index in [-0.39, 0.29) is 12.0 Å². The Labute approximate surface area is 110 Å². The highest BCUT2D eigenvalue weighted by molar-refractivity contribution is 5.97. The third-order valence-corrected chi connectivity index (χ3v) is 2.66. The summed E-state index contributed by atoms with van der Waals surface area (Å²) in [5.74, 6) is -2.30. The fourth-order valence-corrected chi connectivity index (χ4v) is 1.61. The number of hydrogen-bond donors (Lipinski definition) is 2. The molecule has 5 nitrogen and oxygen atoms in total. The maximum Gasteiger partial charge on any atom is 0.252 e. The van der Waals surface area contributed by atoms with Gasteiger partial charge in [0.05, 0.1) is 6.07 Å². The van der Waals surface area contributed by atoms with E-state index in [9.17, 15) is 14.0 Å². The average Bonchev–Trinajstić information content (AvgIpc) is 2.35. The normalized spacial score (nSPS) is 13.1. The van der Waals surface area contributed by atoms with E-state index < -0.39 is 29.6 Å². The molecule has 0 spiro atoms. The van der Waals surface area contributed by atoms with Crippen LogP contribution < -0.4 is 11.1 Å². The summed E-state index contributed by atoms with van der Waals surface area (Å²) in [6, 6.07) is 6.02. The number of carbonyl (C=O) groups excluding carboxylic acids is 2. The quantitative estimate of drug-likeness (QED) is 0.828. The lowest BCUT2D eigenvalue weighted by atomic mass is 9.98. The predicted octanol–water partition coefficient (Wildman–Crippen LogP) is 0.959. The monoisotopic (exact) mass is 263 g/mol. The van der Waals surface area contributed by atoms with Gasteiger partial charge in [0.15, 0.2) is 0 Å². The van der Waals surface area contributed by atoms with Gasteiger partial charge in [-0.25, -0.2) is 4.39 Å². The maximum absolute atomic E-state index is 13.0.